The Hall–Kier alpha value is -2.38. The lowest BCUT2D eigenvalue weighted by Crippen LogP contribution is -2.45. The maximum atomic E-state index is 12.9. The summed E-state index contributed by atoms with van der Waals surface area (Å²) in [5.74, 6) is 0.0944. The van der Waals surface area contributed by atoms with E-state index in [4.69, 9.17) is 0 Å². The molecule has 0 radical (unpaired) electrons. The number of carbonyl (C=O) groups is 2. The lowest BCUT2D eigenvalue weighted by Gasteiger charge is -2.35. The Kier molecular flexibility index (Phi) is 6.16. The number of para-hydroxylation sites is 2. The van der Waals surface area contributed by atoms with E-state index in [-0.39, 0.29) is 17.7 Å². The molecule has 29 heavy (non-hydrogen) atoms. The Balaban J connectivity index is 1.35. The topological polar surface area (TPSA) is 55.9 Å². The SMILES string of the molecule is CN1CCN(c2ccccc2NC(=O)C2CCN(C(=O)c3cccs3)CC2)CC1. The van der Waals surface area contributed by atoms with Crippen molar-refractivity contribution in [2.24, 2.45) is 5.92 Å². The first-order valence-electron chi connectivity index (χ1n) is 10.3. The molecule has 2 fully saturated rings. The monoisotopic (exact) mass is 412 g/mol. The number of thiophene rings is 1. The number of hydrogen-bond donors (Lipinski definition) is 1. The molecule has 0 spiro atoms. The van der Waals surface area contributed by atoms with Gasteiger partial charge in [0, 0.05) is 45.2 Å². The lowest BCUT2D eigenvalue weighted by molar-refractivity contribution is -0.121. The van der Waals surface area contributed by atoms with E-state index in [0.29, 0.717) is 25.9 Å². The normalized spacial score (nSPS) is 18.7. The Morgan fingerprint density at radius 1 is 0.966 bits per heavy atom. The van der Waals surface area contributed by atoms with Crippen molar-refractivity contribution in [2.45, 2.75) is 12.8 Å². The van der Waals surface area contributed by atoms with Gasteiger partial charge in [0.2, 0.25) is 5.91 Å². The van der Waals surface area contributed by atoms with Gasteiger partial charge in [0.25, 0.3) is 5.91 Å². The molecule has 7 heteroatoms. The molecule has 1 aromatic carbocycles. The summed E-state index contributed by atoms with van der Waals surface area (Å²) in [6.45, 7) is 5.25. The summed E-state index contributed by atoms with van der Waals surface area (Å²) < 4.78 is 0. The first-order chi connectivity index (χ1) is 14.1. The second-order valence-electron chi connectivity index (χ2n) is 7.84. The summed E-state index contributed by atoms with van der Waals surface area (Å²) in [5.41, 5.74) is 1.98. The molecule has 0 atom stereocenters. The van der Waals surface area contributed by atoms with Gasteiger partial charge in [-0.05, 0) is 43.5 Å². The van der Waals surface area contributed by atoms with Crippen LogP contribution in [0.1, 0.15) is 22.5 Å². The van der Waals surface area contributed by atoms with Gasteiger partial charge >= 0.3 is 0 Å². The number of likely N-dealkylation sites (tertiary alicyclic amines) is 1. The van der Waals surface area contributed by atoms with Gasteiger partial charge in [0.05, 0.1) is 16.3 Å². The second kappa shape index (κ2) is 8.97. The number of rotatable bonds is 4. The molecule has 154 valence electrons. The zero-order chi connectivity index (χ0) is 20.2. The molecule has 2 aliphatic heterocycles. The fourth-order valence-electron chi connectivity index (χ4n) is 4.04. The van der Waals surface area contributed by atoms with Crippen molar-refractivity contribution >= 4 is 34.5 Å². The Labute approximate surface area is 176 Å². The van der Waals surface area contributed by atoms with Crippen molar-refractivity contribution in [1.29, 1.82) is 0 Å². The Morgan fingerprint density at radius 2 is 1.69 bits per heavy atom. The summed E-state index contributed by atoms with van der Waals surface area (Å²) in [6.07, 6.45) is 1.42. The van der Waals surface area contributed by atoms with Gasteiger partial charge < -0.3 is 20.0 Å². The van der Waals surface area contributed by atoms with Crippen LogP contribution in [0.25, 0.3) is 0 Å². The van der Waals surface area contributed by atoms with Crippen molar-refractivity contribution < 1.29 is 9.59 Å². The van der Waals surface area contributed by atoms with Crippen LogP contribution in [0.3, 0.4) is 0 Å². The number of hydrogen-bond acceptors (Lipinski definition) is 5. The van der Waals surface area contributed by atoms with Gasteiger partial charge in [0.1, 0.15) is 0 Å². The van der Waals surface area contributed by atoms with Crippen LogP contribution in [0.15, 0.2) is 41.8 Å². The number of piperazine rings is 1. The van der Waals surface area contributed by atoms with Crippen molar-refractivity contribution in [3.8, 4) is 0 Å². The van der Waals surface area contributed by atoms with Gasteiger partial charge in [-0.15, -0.1) is 11.3 Å². The number of benzene rings is 1. The molecular weight excluding hydrogens is 384 g/mol. The van der Waals surface area contributed by atoms with Gasteiger partial charge in [-0.1, -0.05) is 18.2 Å². The number of carbonyl (C=O) groups excluding carboxylic acids is 2. The van der Waals surface area contributed by atoms with E-state index in [0.717, 1.165) is 42.4 Å². The van der Waals surface area contributed by atoms with E-state index in [9.17, 15) is 9.59 Å². The van der Waals surface area contributed by atoms with Crippen LogP contribution in [0.4, 0.5) is 11.4 Å². The van der Waals surface area contributed by atoms with E-state index in [2.05, 4.69) is 28.2 Å². The van der Waals surface area contributed by atoms with Crippen LogP contribution >= 0.6 is 11.3 Å². The molecule has 3 heterocycles. The van der Waals surface area contributed by atoms with Gasteiger partial charge in [-0.25, -0.2) is 0 Å². The highest BCUT2D eigenvalue weighted by Crippen LogP contribution is 2.28. The van der Waals surface area contributed by atoms with Crippen molar-refractivity contribution in [3.05, 3.63) is 46.7 Å². The summed E-state index contributed by atoms with van der Waals surface area (Å²) in [4.78, 5) is 32.7. The smallest absolute Gasteiger partial charge is 0.263 e. The number of piperidine rings is 1. The summed E-state index contributed by atoms with van der Waals surface area (Å²) in [6, 6.07) is 11.8. The molecule has 0 bridgehead atoms. The molecular formula is C22H28N4O2S. The quantitative estimate of drug-likeness (QED) is 0.839. The first-order valence-corrected chi connectivity index (χ1v) is 11.2. The van der Waals surface area contributed by atoms with E-state index in [1.165, 1.54) is 11.3 Å². The van der Waals surface area contributed by atoms with Crippen molar-refractivity contribution in [3.63, 3.8) is 0 Å². The molecule has 2 aromatic rings. The van der Waals surface area contributed by atoms with E-state index < -0.39 is 0 Å². The molecule has 2 saturated heterocycles. The first kappa shape index (κ1) is 19.9. The van der Waals surface area contributed by atoms with Crippen LogP contribution in [0.2, 0.25) is 0 Å². The van der Waals surface area contributed by atoms with E-state index in [1.54, 1.807) is 0 Å². The molecule has 2 aliphatic rings. The minimum absolute atomic E-state index is 0.0528. The maximum Gasteiger partial charge on any atom is 0.263 e. The zero-order valence-corrected chi connectivity index (χ0v) is 17.7. The highest BCUT2D eigenvalue weighted by molar-refractivity contribution is 7.12. The van der Waals surface area contributed by atoms with Gasteiger partial charge in [-0.3, -0.25) is 9.59 Å². The summed E-state index contributed by atoms with van der Waals surface area (Å²) in [7, 11) is 2.14. The molecule has 1 aromatic heterocycles. The molecule has 0 aliphatic carbocycles. The summed E-state index contributed by atoms with van der Waals surface area (Å²) in [5, 5.41) is 5.09. The van der Waals surface area contributed by atoms with Crippen LogP contribution in [-0.4, -0.2) is 67.9 Å². The highest BCUT2D eigenvalue weighted by atomic mass is 32.1. The van der Waals surface area contributed by atoms with Crippen LogP contribution in [0.5, 0.6) is 0 Å². The fraction of sp³-hybridized carbons (Fsp3) is 0.455. The second-order valence-corrected chi connectivity index (χ2v) is 8.79. The van der Waals surface area contributed by atoms with E-state index in [1.807, 2.05) is 40.6 Å². The minimum atomic E-state index is -0.0528. The number of likely N-dealkylation sites (N-methyl/N-ethyl adjacent to an activating group) is 1. The molecule has 6 nitrogen and oxygen atoms in total. The summed E-state index contributed by atoms with van der Waals surface area (Å²) >= 11 is 1.47. The fourth-order valence-corrected chi connectivity index (χ4v) is 4.73. The average molecular weight is 413 g/mol. The maximum absolute atomic E-state index is 12.9. The Bertz CT molecular complexity index is 838. The predicted molar refractivity (Wildman–Crippen MR) is 118 cm³/mol. The van der Waals surface area contributed by atoms with E-state index >= 15 is 0 Å². The largest absolute Gasteiger partial charge is 0.367 e. The average Bonchev–Trinajstić information content (AvgIpc) is 3.29. The van der Waals surface area contributed by atoms with Crippen molar-refractivity contribution in [2.75, 3.05) is 56.5 Å². The molecule has 2 amide bonds. The molecule has 4 rings (SSSR count). The predicted octanol–water partition coefficient (Wildman–Crippen LogP) is 2.99. The van der Waals surface area contributed by atoms with Gasteiger partial charge in [0.15, 0.2) is 0 Å². The number of amides is 2. The van der Waals surface area contributed by atoms with Crippen LogP contribution < -0.4 is 10.2 Å². The highest BCUT2D eigenvalue weighted by Gasteiger charge is 2.29. The number of anilines is 2. The standard InChI is InChI=1S/C22H28N4O2S/c1-24-12-14-25(15-13-24)19-6-3-2-5-18(19)23-21(27)17-8-10-26(11-9-17)22(28)20-7-4-16-29-20/h2-7,16-17H,8-15H2,1H3,(H,23,27). The molecule has 0 saturated carbocycles. The molecule has 1 N–H and O–H groups in total. The third-order valence-electron chi connectivity index (χ3n) is 5.89. The third-order valence-corrected chi connectivity index (χ3v) is 6.75. The number of nitrogens with one attached hydrogen (secondary N) is 1. The Morgan fingerprint density at radius 3 is 2.38 bits per heavy atom. The zero-order valence-electron chi connectivity index (χ0n) is 16.8. The van der Waals surface area contributed by atoms with Crippen molar-refractivity contribution in [1.82, 2.24) is 9.80 Å². The van der Waals surface area contributed by atoms with Gasteiger partial charge in [-0.2, -0.15) is 0 Å². The number of nitrogens with zero attached hydrogens (tertiary/aromatic N) is 3. The van der Waals surface area contributed by atoms with Crippen LogP contribution in [-0.2, 0) is 4.79 Å². The lowest BCUT2D eigenvalue weighted by atomic mass is 9.95. The minimum Gasteiger partial charge on any atom is -0.367 e. The molecule has 0 unspecified atom stereocenters. The third kappa shape index (κ3) is 4.62. The van der Waals surface area contributed by atoms with Crippen LogP contribution in [0, 0.1) is 5.92 Å².